The van der Waals surface area contributed by atoms with Crippen LogP contribution in [0.4, 0.5) is 0 Å². The van der Waals surface area contributed by atoms with Gasteiger partial charge < -0.3 is 10.1 Å². The molecule has 1 aliphatic heterocycles. The lowest BCUT2D eigenvalue weighted by Gasteiger charge is -2.57. The van der Waals surface area contributed by atoms with E-state index in [-0.39, 0.29) is 48.1 Å². The highest BCUT2D eigenvalue weighted by Gasteiger charge is 2.52. The van der Waals surface area contributed by atoms with E-state index in [1.54, 1.807) is 6.92 Å². The molecule has 1 N–H and O–H groups in total. The average molecular weight is 429 g/mol. The van der Waals surface area contributed by atoms with Crippen molar-refractivity contribution in [2.75, 3.05) is 6.54 Å². The maximum absolute atomic E-state index is 12.8. The summed E-state index contributed by atoms with van der Waals surface area (Å²) in [5.74, 6) is 0.399. The van der Waals surface area contributed by atoms with Gasteiger partial charge in [-0.3, -0.25) is 24.1 Å². The van der Waals surface area contributed by atoms with Crippen molar-refractivity contribution in [1.29, 1.82) is 0 Å². The van der Waals surface area contributed by atoms with Gasteiger partial charge in [0, 0.05) is 12.1 Å². The second kappa shape index (κ2) is 7.75. The van der Waals surface area contributed by atoms with E-state index in [1.807, 2.05) is 12.2 Å². The third kappa shape index (κ3) is 3.80. The lowest BCUT2D eigenvalue weighted by molar-refractivity contribution is -0.157. The lowest BCUT2D eigenvalue weighted by Crippen LogP contribution is -2.61. The molecule has 5 fully saturated rings. The standard InChI is InChI=1S/C24H32N2O5/c1-14(21(28)25-24-11-15-8-16(12-24)10-17(9-15)13-24)31-20(27)6-7-26-22(29)18-4-2-3-5-19(18)23(26)30/h2-3,14-19H,4-13H2,1H3,(H,25,28)/t14-,15?,16?,17?,18-,19-,24?/m0/s1. The van der Waals surface area contributed by atoms with E-state index < -0.39 is 12.1 Å². The van der Waals surface area contributed by atoms with Gasteiger partial charge in [0.25, 0.3) is 5.91 Å². The molecule has 5 aliphatic carbocycles. The van der Waals surface area contributed by atoms with Gasteiger partial charge in [0.2, 0.25) is 11.8 Å². The summed E-state index contributed by atoms with van der Waals surface area (Å²) >= 11 is 0. The van der Waals surface area contributed by atoms with Gasteiger partial charge in [0.05, 0.1) is 18.3 Å². The number of nitrogens with one attached hydrogen (secondary N) is 1. The number of amides is 3. The fourth-order valence-corrected chi connectivity index (χ4v) is 7.23. The molecule has 4 bridgehead atoms. The van der Waals surface area contributed by atoms with Crippen LogP contribution >= 0.6 is 0 Å². The van der Waals surface area contributed by atoms with E-state index in [0.29, 0.717) is 12.8 Å². The molecule has 3 atom stereocenters. The fraction of sp³-hybridized carbons (Fsp3) is 0.750. The summed E-state index contributed by atoms with van der Waals surface area (Å²) in [6.07, 6.45) is 11.1. The van der Waals surface area contributed by atoms with E-state index in [4.69, 9.17) is 4.74 Å². The summed E-state index contributed by atoms with van der Waals surface area (Å²) < 4.78 is 5.36. The first-order chi connectivity index (χ1) is 14.8. The average Bonchev–Trinajstić information content (AvgIpc) is 2.95. The number of imide groups is 1. The third-order valence-electron chi connectivity index (χ3n) is 8.24. The number of hydrogen-bond acceptors (Lipinski definition) is 5. The molecule has 0 unspecified atom stereocenters. The first-order valence-corrected chi connectivity index (χ1v) is 11.9. The summed E-state index contributed by atoms with van der Waals surface area (Å²) in [6, 6.07) is 0. The molecular formula is C24H32N2O5. The Morgan fingerprint density at radius 1 is 1.03 bits per heavy atom. The van der Waals surface area contributed by atoms with Crippen molar-refractivity contribution in [2.45, 2.75) is 76.4 Å². The molecule has 3 amide bonds. The summed E-state index contributed by atoms with van der Waals surface area (Å²) in [7, 11) is 0. The lowest BCUT2D eigenvalue weighted by atomic mass is 9.53. The molecule has 0 aromatic carbocycles. The topological polar surface area (TPSA) is 92.8 Å². The van der Waals surface area contributed by atoms with Crippen LogP contribution in [0.2, 0.25) is 0 Å². The van der Waals surface area contributed by atoms with E-state index in [2.05, 4.69) is 5.32 Å². The zero-order valence-corrected chi connectivity index (χ0v) is 18.2. The number of rotatable bonds is 6. The Morgan fingerprint density at radius 2 is 1.55 bits per heavy atom. The number of fused-ring (bicyclic) bond motifs is 1. The first-order valence-electron chi connectivity index (χ1n) is 11.9. The van der Waals surface area contributed by atoms with Crippen molar-refractivity contribution in [3.05, 3.63) is 12.2 Å². The molecule has 1 saturated heterocycles. The van der Waals surface area contributed by atoms with E-state index >= 15 is 0 Å². The zero-order valence-electron chi connectivity index (χ0n) is 18.2. The number of hydrogen-bond donors (Lipinski definition) is 1. The van der Waals surface area contributed by atoms with E-state index in [9.17, 15) is 19.2 Å². The maximum atomic E-state index is 12.8. The van der Waals surface area contributed by atoms with Crippen LogP contribution in [0.5, 0.6) is 0 Å². The molecule has 1 heterocycles. The van der Waals surface area contributed by atoms with Crippen LogP contribution < -0.4 is 5.32 Å². The van der Waals surface area contributed by atoms with Crippen molar-refractivity contribution < 1.29 is 23.9 Å². The van der Waals surface area contributed by atoms with E-state index in [1.165, 1.54) is 24.2 Å². The molecular weight excluding hydrogens is 396 g/mol. The predicted molar refractivity (Wildman–Crippen MR) is 111 cm³/mol. The number of carbonyl (C=O) groups is 4. The van der Waals surface area contributed by atoms with Gasteiger partial charge in [0.15, 0.2) is 6.10 Å². The molecule has 4 saturated carbocycles. The number of carbonyl (C=O) groups excluding carboxylic acids is 4. The maximum Gasteiger partial charge on any atom is 0.308 e. The highest BCUT2D eigenvalue weighted by Crippen LogP contribution is 2.55. The molecule has 0 aromatic heterocycles. The van der Waals surface area contributed by atoms with Gasteiger partial charge in [0.1, 0.15) is 0 Å². The van der Waals surface area contributed by atoms with Crippen molar-refractivity contribution in [3.8, 4) is 0 Å². The van der Waals surface area contributed by atoms with Gasteiger partial charge in [-0.15, -0.1) is 0 Å². The van der Waals surface area contributed by atoms with Crippen LogP contribution in [0.25, 0.3) is 0 Å². The van der Waals surface area contributed by atoms with Gasteiger partial charge in [-0.2, -0.15) is 0 Å². The minimum Gasteiger partial charge on any atom is -0.452 e. The second-order valence-electron chi connectivity index (χ2n) is 10.6. The minimum absolute atomic E-state index is 0.0207. The monoisotopic (exact) mass is 428 g/mol. The summed E-state index contributed by atoms with van der Waals surface area (Å²) in [5, 5.41) is 3.23. The number of nitrogens with zero attached hydrogens (tertiary/aromatic N) is 1. The molecule has 168 valence electrons. The number of ether oxygens (including phenoxy) is 1. The SMILES string of the molecule is C[C@H](OC(=O)CCN1C(=O)[C@H]2CC=CC[C@@H]2C1=O)C(=O)NC12CC3CC(CC(C3)C1)C2. The smallest absolute Gasteiger partial charge is 0.308 e. The molecule has 31 heavy (non-hydrogen) atoms. The predicted octanol–water partition coefficient (Wildman–Crippen LogP) is 2.34. The molecule has 6 rings (SSSR count). The van der Waals surface area contributed by atoms with Gasteiger partial charge >= 0.3 is 5.97 Å². The fourth-order valence-electron chi connectivity index (χ4n) is 7.23. The third-order valence-corrected chi connectivity index (χ3v) is 8.24. The molecule has 7 heteroatoms. The van der Waals surface area contributed by atoms with Crippen LogP contribution in [0, 0.1) is 29.6 Å². The molecule has 6 aliphatic rings. The van der Waals surface area contributed by atoms with Crippen molar-refractivity contribution >= 4 is 23.7 Å². The number of likely N-dealkylation sites (tertiary alicyclic amines) is 1. The Bertz CT molecular complexity index is 773. The van der Waals surface area contributed by atoms with Crippen LogP contribution in [0.3, 0.4) is 0 Å². The molecule has 0 aromatic rings. The van der Waals surface area contributed by atoms with Crippen molar-refractivity contribution in [2.24, 2.45) is 29.6 Å². The highest BCUT2D eigenvalue weighted by molar-refractivity contribution is 6.05. The second-order valence-corrected chi connectivity index (χ2v) is 10.6. The Morgan fingerprint density at radius 3 is 2.06 bits per heavy atom. The number of allylic oxidation sites excluding steroid dienone is 2. The summed E-state index contributed by atoms with van der Waals surface area (Å²) in [5.41, 5.74) is -0.120. The Balaban J connectivity index is 1.11. The van der Waals surface area contributed by atoms with Gasteiger partial charge in [-0.05, 0) is 76.0 Å². The Labute approximate surface area is 182 Å². The molecule has 0 radical (unpaired) electrons. The molecule has 7 nitrogen and oxygen atoms in total. The zero-order chi connectivity index (χ0) is 21.8. The van der Waals surface area contributed by atoms with Crippen molar-refractivity contribution in [1.82, 2.24) is 10.2 Å². The van der Waals surface area contributed by atoms with Crippen LogP contribution in [0.15, 0.2) is 12.2 Å². The normalized spacial score (nSPS) is 38.9. The largest absolute Gasteiger partial charge is 0.452 e. The molecule has 0 spiro atoms. The van der Waals surface area contributed by atoms with Gasteiger partial charge in [-0.1, -0.05) is 12.2 Å². The summed E-state index contributed by atoms with van der Waals surface area (Å²) in [4.78, 5) is 51.3. The number of esters is 1. The minimum atomic E-state index is -0.878. The van der Waals surface area contributed by atoms with Gasteiger partial charge in [-0.25, -0.2) is 0 Å². The van der Waals surface area contributed by atoms with E-state index in [0.717, 1.165) is 37.0 Å². The Hall–Kier alpha value is -2.18. The Kier molecular flexibility index (Phi) is 5.18. The quantitative estimate of drug-likeness (QED) is 0.398. The first kappa shape index (κ1) is 20.7. The highest BCUT2D eigenvalue weighted by atomic mass is 16.5. The van der Waals surface area contributed by atoms with Crippen LogP contribution in [-0.4, -0.2) is 46.8 Å². The van der Waals surface area contributed by atoms with Crippen LogP contribution in [0.1, 0.15) is 64.7 Å². The summed E-state index contributed by atoms with van der Waals surface area (Å²) in [6.45, 7) is 1.62. The van der Waals surface area contributed by atoms with Crippen molar-refractivity contribution in [3.63, 3.8) is 0 Å². The van der Waals surface area contributed by atoms with Crippen LogP contribution in [-0.2, 0) is 23.9 Å².